The average Bonchev–Trinajstić information content (AvgIpc) is 2.15. The van der Waals surface area contributed by atoms with Crippen LogP contribution in [-0.2, 0) is 16.6 Å². The number of nitrogens with zero attached hydrogens (tertiary/aromatic N) is 1. The highest BCUT2D eigenvalue weighted by atomic mass is 16.1. The van der Waals surface area contributed by atoms with Crippen LogP contribution in [0.3, 0.4) is 0 Å². The van der Waals surface area contributed by atoms with Crippen molar-refractivity contribution in [2.24, 2.45) is 0 Å². The van der Waals surface area contributed by atoms with E-state index in [4.69, 9.17) is 0 Å². The van der Waals surface area contributed by atoms with Crippen LogP contribution in [0, 0.1) is 0 Å². The molecule has 0 aliphatic carbocycles. The second kappa shape index (κ2) is 3.33. The molecule has 1 aromatic heterocycles. The summed E-state index contributed by atoms with van der Waals surface area (Å²) in [5.41, 5.74) is 2.18. The van der Waals surface area contributed by atoms with E-state index >= 15 is 0 Å². The summed E-state index contributed by atoms with van der Waals surface area (Å²) in [5.74, 6) is 0.819. The van der Waals surface area contributed by atoms with Crippen LogP contribution in [0.15, 0.2) is 12.1 Å². The molecular weight excluding hydrogens is 188 g/mol. The van der Waals surface area contributed by atoms with Gasteiger partial charge >= 0.3 is 0 Å². The Labute approximate surface area is 89.9 Å². The second-order valence-electron chi connectivity index (χ2n) is 5.00. The lowest BCUT2D eigenvalue weighted by Gasteiger charge is -2.22. The Kier molecular flexibility index (Phi) is 2.25. The molecule has 1 aromatic rings. The summed E-state index contributed by atoms with van der Waals surface area (Å²) >= 11 is 0. The summed E-state index contributed by atoms with van der Waals surface area (Å²) in [6.45, 7) is 6.35. The molecular formula is C12H16N2O. The van der Waals surface area contributed by atoms with E-state index in [1.807, 2.05) is 0 Å². The Balaban J connectivity index is 2.41. The quantitative estimate of drug-likeness (QED) is 0.704. The first-order valence-corrected chi connectivity index (χ1v) is 5.27. The third-order valence-electron chi connectivity index (χ3n) is 2.63. The van der Waals surface area contributed by atoms with Gasteiger partial charge < -0.3 is 5.32 Å². The largest absolute Gasteiger partial charge is 0.310 e. The third kappa shape index (κ3) is 2.01. The molecule has 80 valence electrons. The molecule has 0 saturated heterocycles. The second-order valence-corrected chi connectivity index (χ2v) is 5.00. The smallest absolute Gasteiger partial charge is 0.225 e. The molecule has 0 bridgehead atoms. The lowest BCUT2D eigenvalue weighted by atomic mass is 9.91. The van der Waals surface area contributed by atoms with Crippen LogP contribution in [0.1, 0.15) is 38.4 Å². The average molecular weight is 204 g/mol. The fraction of sp³-hybridized carbons (Fsp3) is 0.500. The maximum absolute atomic E-state index is 11.2. The first-order valence-electron chi connectivity index (χ1n) is 5.27. The number of carbonyl (C=O) groups is 1. The minimum Gasteiger partial charge on any atom is -0.310 e. The molecule has 0 unspecified atom stereocenters. The van der Waals surface area contributed by atoms with E-state index in [9.17, 15) is 4.79 Å². The van der Waals surface area contributed by atoms with Gasteiger partial charge in [-0.05, 0) is 18.1 Å². The van der Waals surface area contributed by atoms with Crippen molar-refractivity contribution in [2.45, 2.75) is 39.0 Å². The van der Waals surface area contributed by atoms with E-state index < -0.39 is 0 Å². The van der Waals surface area contributed by atoms with Crippen LogP contribution in [0.2, 0.25) is 0 Å². The minimum absolute atomic E-state index is 0.0250. The van der Waals surface area contributed by atoms with Crippen molar-refractivity contribution in [1.29, 1.82) is 0 Å². The molecule has 1 aliphatic heterocycles. The highest BCUT2D eigenvalue weighted by Gasteiger charge is 2.20. The molecule has 0 saturated carbocycles. The van der Waals surface area contributed by atoms with Crippen molar-refractivity contribution < 1.29 is 4.79 Å². The molecule has 0 spiro atoms. The van der Waals surface area contributed by atoms with Crippen LogP contribution >= 0.6 is 0 Å². The lowest BCUT2D eigenvalue weighted by Crippen LogP contribution is -2.22. The fourth-order valence-corrected chi connectivity index (χ4v) is 1.66. The van der Waals surface area contributed by atoms with E-state index in [0.717, 1.165) is 23.5 Å². The predicted octanol–water partition coefficient (Wildman–Crippen LogP) is 2.26. The van der Waals surface area contributed by atoms with E-state index in [1.54, 1.807) is 0 Å². The number of aromatic nitrogens is 1. The Hall–Kier alpha value is -1.38. The highest BCUT2D eigenvalue weighted by molar-refractivity contribution is 5.92. The number of pyridine rings is 1. The molecule has 1 aliphatic rings. The number of rotatable bonds is 0. The van der Waals surface area contributed by atoms with Crippen LogP contribution in [0.4, 0.5) is 5.82 Å². The minimum atomic E-state index is 0.0250. The van der Waals surface area contributed by atoms with Gasteiger partial charge in [0.1, 0.15) is 5.82 Å². The van der Waals surface area contributed by atoms with E-state index in [0.29, 0.717) is 6.42 Å². The van der Waals surface area contributed by atoms with E-state index in [2.05, 4.69) is 43.2 Å². The summed E-state index contributed by atoms with van der Waals surface area (Å²) in [6, 6.07) is 4.12. The fourth-order valence-electron chi connectivity index (χ4n) is 1.66. The zero-order valence-corrected chi connectivity index (χ0v) is 9.42. The van der Waals surface area contributed by atoms with Gasteiger partial charge in [-0.3, -0.25) is 4.79 Å². The summed E-state index contributed by atoms with van der Waals surface area (Å²) in [7, 11) is 0. The Morgan fingerprint density at radius 2 is 2.00 bits per heavy atom. The van der Waals surface area contributed by atoms with Crippen LogP contribution < -0.4 is 5.32 Å². The van der Waals surface area contributed by atoms with Crippen molar-refractivity contribution in [3.05, 3.63) is 23.4 Å². The molecule has 3 nitrogen and oxygen atoms in total. The summed E-state index contributed by atoms with van der Waals surface area (Å²) in [6.07, 6.45) is 1.38. The summed E-state index contributed by atoms with van der Waals surface area (Å²) in [4.78, 5) is 15.7. The SMILES string of the molecule is CC(C)(C)c1ccc2c(n1)NC(=O)CC2. The molecule has 3 heteroatoms. The van der Waals surface area contributed by atoms with E-state index in [1.165, 1.54) is 0 Å². The number of amides is 1. The number of carbonyl (C=O) groups excluding carboxylic acids is 1. The maximum atomic E-state index is 11.2. The van der Waals surface area contributed by atoms with Crippen molar-refractivity contribution in [1.82, 2.24) is 4.98 Å². The third-order valence-corrected chi connectivity index (χ3v) is 2.63. The molecule has 1 amide bonds. The number of nitrogens with one attached hydrogen (secondary N) is 1. The summed E-state index contributed by atoms with van der Waals surface area (Å²) in [5, 5.41) is 2.82. The molecule has 0 aromatic carbocycles. The number of aryl methyl sites for hydroxylation is 1. The Bertz CT molecular complexity index is 405. The van der Waals surface area contributed by atoms with Crippen molar-refractivity contribution in [3.63, 3.8) is 0 Å². The molecule has 0 fully saturated rings. The molecule has 0 radical (unpaired) electrons. The Morgan fingerprint density at radius 3 is 2.67 bits per heavy atom. The molecule has 2 rings (SSSR count). The van der Waals surface area contributed by atoms with Gasteiger partial charge in [-0.2, -0.15) is 0 Å². The number of fused-ring (bicyclic) bond motifs is 1. The lowest BCUT2D eigenvalue weighted by molar-refractivity contribution is -0.116. The summed E-state index contributed by atoms with van der Waals surface area (Å²) < 4.78 is 0. The van der Waals surface area contributed by atoms with Crippen molar-refractivity contribution in [2.75, 3.05) is 5.32 Å². The zero-order valence-electron chi connectivity index (χ0n) is 9.42. The topological polar surface area (TPSA) is 42.0 Å². The van der Waals surface area contributed by atoms with Gasteiger partial charge in [0.25, 0.3) is 0 Å². The number of hydrogen-bond donors (Lipinski definition) is 1. The molecule has 15 heavy (non-hydrogen) atoms. The van der Waals surface area contributed by atoms with Crippen LogP contribution in [-0.4, -0.2) is 10.9 Å². The van der Waals surface area contributed by atoms with Gasteiger partial charge in [-0.15, -0.1) is 0 Å². The van der Waals surface area contributed by atoms with Gasteiger partial charge in [-0.25, -0.2) is 4.98 Å². The monoisotopic (exact) mass is 204 g/mol. The predicted molar refractivity (Wildman–Crippen MR) is 59.9 cm³/mol. The van der Waals surface area contributed by atoms with Crippen LogP contribution in [0.5, 0.6) is 0 Å². The highest BCUT2D eigenvalue weighted by Crippen LogP contribution is 2.26. The maximum Gasteiger partial charge on any atom is 0.225 e. The van der Waals surface area contributed by atoms with Gasteiger partial charge in [0.15, 0.2) is 0 Å². The normalized spacial score (nSPS) is 15.8. The van der Waals surface area contributed by atoms with E-state index in [-0.39, 0.29) is 11.3 Å². The van der Waals surface area contributed by atoms with Crippen molar-refractivity contribution >= 4 is 11.7 Å². The zero-order chi connectivity index (χ0) is 11.1. The van der Waals surface area contributed by atoms with Gasteiger partial charge in [0, 0.05) is 17.5 Å². The first-order chi connectivity index (χ1) is 6.97. The first kappa shape index (κ1) is 10.1. The molecule has 0 atom stereocenters. The molecule has 1 N–H and O–H groups in total. The standard InChI is InChI=1S/C12H16N2O/c1-12(2,3)9-6-4-8-5-7-10(15)14-11(8)13-9/h4,6H,5,7H2,1-3H3,(H,13,14,15). The van der Waals surface area contributed by atoms with Gasteiger partial charge in [0.05, 0.1) is 0 Å². The van der Waals surface area contributed by atoms with Gasteiger partial charge in [0.2, 0.25) is 5.91 Å². The van der Waals surface area contributed by atoms with Gasteiger partial charge in [-0.1, -0.05) is 26.8 Å². The van der Waals surface area contributed by atoms with Crippen LogP contribution in [0.25, 0.3) is 0 Å². The van der Waals surface area contributed by atoms with Crippen molar-refractivity contribution in [3.8, 4) is 0 Å². The Morgan fingerprint density at radius 1 is 1.27 bits per heavy atom. The number of anilines is 1. The molecule has 2 heterocycles. The number of hydrogen-bond acceptors (Lipinski definition) is 2.